The molecule has 3 N–H and O–H groups in total. The molecule has 1 amide bonds. The number of hydrogen-bond acceptors (Lipinski definition) is 4. The van der Waals surface area contributed by atoms with Crippen LogP contribution < -0.4 is 16.0 Å². The molecule has 0 aromatic heterocycles. The van der Waals surface area contributed by atoms with Crippen LogP contribution in [0.1, 0.15) is 33.6 Å². The van der Waals surface area contributed by atoms with E-state index < -0.39 is 9.84 Å². The van der Waals surface area contributed by atoms with Crippen molar-refractivity contribution in [2.24, 2.45) is 10.9 Å². The molecule has 7 nitrogen and oxygen atoms in total. The zero-order chi connectivity index (χ0) is 16.6. The summed E-state index contributed by atoms with van der Waals surface area (Å²) in [7, 11) is -2.96. The van der Waals surface area contributed by atoms with Gasteiger partial charge >= 0.3 is 0 Å². The molecular weight excluding hydrogens is 304 g/mol. The Labute approximate surface area is 133 Å². The Morgan fingerprint density at radius 2 is 2.05 bits per heavy atom. The van der Waals surface area contributed by atoms with Crippen LogP contribution in [0.25, 0.3) is 0 Å². The van der Waals surface area contributed by atoms with Gasteiger partial charge in [0.15, 0.2) is 15.8 Å². The van der Waals surface area contributed by atoms with Crippen LogP contribution in [0.4, 0.5) is 0 Å². The van der Waals surface area contributed by atoms with Crippen LogP contribution in [-0.2, 0) is 14.6 Å². The molecule has 1 aliphatic rings. The molecule has 0 aliphatic carbocycles. The van der Waals surface area contributed by atoms with Gasteiger partial charge in [0.1, 0.15) is 0 Å². The molecule has 1 heterocycles. The highest BCUT2D eigenvalue weighted by Crippen LogP contribution is 2.11. The number of hydrogen-bond donors (Lipinski definition) is 3. The zero-order valence-electron chi connectivity index (χ0n) is 13.7. The molecule has 0 bridgehead atoms. The van der Waals surface area contributed by atoms with Crippen molar-refractivity contribution in [1.29, 1.82) is 0 Å². The number of nitrogens with one attached hydrogen (secondary N) is 3. The largest absolute Gasteiger partial charge is 0.357 e. The van der Waals surface area contributed by atoms with Crippen molar-refractivity contribution in [3.63, 3.8) is 0 Å². The molecule has 0 aromatic rings. The van der Waals surface area contributed by atoms with Crippen molar-refractivity contribution in [3.8, 4) is 0 Å². The van der Waals surface area contributed by atoms with Gasteiger partial charge in [-0.15, -0.1) is 0 Å². The molecule has 1 unspecified atom stereocenters. The van der Waals surface area contributed by atoms with Gasteiger partial charge < -0.3 is 16.0 Å². The smallest absolute Gasteiger partial charge is 0.222 e. The Bertz CT molecular complexity index is 488. The first-order chi connectivity index (χ1) is 10.3. The standard InChI is InChI=1S/C14H28N4O3S/c1-4-15-14(17-9-11(2)3)16-7-5-13(19)18-12-6-8-22(20,21)10-12/h11-12H,4-10H2,1-3H3,(H,18,19)(H2,15,16,17). The number of nitrogens with zero attached hydrogens (tertiary/aromatic N) is 1. The number of rotatable bonds is 7. The maximum Gasteiger partial charge on any atom is 0.222 e. The van der Waals surface area contributed by atoms with Gasteiger partial charge in [-0.2, -0.15) is 0 Å². The van der Waals surface area contributed by atoms with Crippen molar-refractivity contribution in [3.05, 3.63) is 0 Å². The summed E-state index contributed by atoms with van der Waals surface area (Å²) in [5.74, 6) is 1.28. The average Bonchev–Trinajstić information content (AvgIpc) is 2.75. The third kappa shape index (κ3) is 7.63. The van der Waals surface area contributed by atoms with Gasteiger partial charge in [-0.3, -0.25) is 9.79 Å². The number of guanidine groups is 1. The lowest BCUT2D eigenvalue weighted by Crippen LogP contribution is -2.41. The number of amides is 1. The molecule has 8 heteroatoms. The fourth-order valence-corrected chi connectivity index (χ4v) is 3.79. The first-order valence-electron chi connectivity index (χ1n) is 7.84. The molecule has 1 fully saturated rings. The van der Waals surface area contributed by atoms with Crippen LogP contribution in [0.5, 0.6) is 0 Å². The van der Waals surface area contributed by atoms with Crippen molar-refractivity contribution in [2.45, 2.75) is 39.7 Å². The first kappa shape index (κ1) is 18.7. The highest BCUT2D eigenvalue weighted by molar-refractivity contribution is 7.91. The monoisotopic (exact) mass is 332 g/mol. The van der Waals surface area contributed by atoms with Crippen LogP contribution in [-0.4, -0.2) is 57.5 Å². The minimum atomic E-state index is -2.96. The maximum absolute atomic E-state index is 11.8. The molecule has 1 aliphatic heterocycles. The minimum absolute atomic E-state index is 0.0602. The van der Waals surface area contributed by atoms with Gasteiger partial charge in [0.2, 0.25) is 5.91 Å². The Hall–Kier alpha value is -1.31. The van der Waals surface area contributed by atoms with Crippen molar-refractivity contribution in [2.75, 3.05) is 31.1 Å². The highest BCUT2D eigenvalue weighted by Gasteiger charge is 2.28. The molecule has 0 aromatic carbocycles. The predicted molar refractivity (Wildman–Crippen MR) is 88.6 cm³/mol. The van der Waals surface area contributed by atoms with E-state index in [1.165, 1.54) is 0 Å². The minimum Gasteiger partial charge on any atom is -0.357 e. The summed E-state index contributed by atoms with van der Waals surface area (Å²) in [4.78, 5) is 16.2. The summed E-state index contributed by atoms with van der Waals surface area (Å²) in [5.41, 5.74) is 0. The van der Waals surface area contributed by atoms with E-state index in [4.69, 9.17) is 0 Å². The van der Waals surface area contributed by atoms with Crippen molar-refractivity contribution >= 4 is 21.7 Å². The number of carbonyl (C=O) groups excluding carboxylic acids is 1. The summed E-state index contributed by atoms with van der Waals surface area (Å²) in [6, 6.07) is -0.236. The Morgan fingerprint density at radius 3 is 2.59 bits per heavy atom. The quantitative estimate of drug-likeness (QED) is 0.446. The lowest BCUT2D eigenvalue weighted by Gasteiger charge is -2.13. The van der Waals surface area contributed by atoms with Gasteiger partial charge in [0.25, 0.3) is 0 Å². The van der Waals surface area contributed by atoms with Gasteiger partial charge in [-0.05, 0) is 19.3 Å². The SMILES string of the molecule is CCNC(=NCC(C)C)NCCC(=O)NC1CCS(=O)(=O)C1. The molecule has 0 spiro atoms. The Balaban J connectivity index is 2.29. The van der Waals surface area contributed by atoms with Gasteiger partial charge in [-0.25, -0.2) is 8.42 Å². The zero-order valence-corrected chi connectivity index (χ0v) is 14.5. The fourth-order valence-electron chi connectivity index (χ4n) is 2.12. The summed E-state index contributed by atoms with van der Waals surface area (Å²) >= 11 is 0. The Kier molecular flexibility index (Phi) is 7.64. The summed E-state index contributed by atoms with van der Waals surface area (Å²) in [5, 5.41) is 9.00. The number of aliphatic imine (C=N–C) groups is 1. The van der Waals surface area contributed by atoms with Crippen LogP contribution in [0, 0.1) is 5.92 Å². The third-order valence-electron chi connectivity index (χ3n) is 3.20. The van der Waals surface area contributed by atoms with Gasteiger partial charge in [-0.1, -0.05) is 13.8 Å². The molecule has 0 saturated carbocycles. The summed E-state index contributed by atoms with van der Waals surface area (Å²) in [6.45, 7) is 8.12. The van der Waals surface area contributed by atoms with E-state index in [1.54, 1.807) is 0 Å². The van der Waals surface area contributed by atoms with Crippen LogP contribution in [0.3, 0.4) is 0 Å². The van der Waals surface area contributed by atoms with Gasteiger partial charge in [0, 0.05) is 32.1 Å². The summed E-state index contributed by atoms with van der Waals surface area (Å²) in [6.07, 6.45) is 0.808. The van der Waals surface area contributed by atoms with Gasteiger partial charge in [0.05, 0.1) is 11.5 Å². The van der Waals surface area contributed by atoms with E-state index in [-0.39, 0.29) is 23.5 Å². The molecule has 128 valence electrons. The highest BCUT2D eigenvalue weighted by atomic mass is 32.2. The predicted octanol–water partition coefficient (Wildman–Crippen LogP) is -0.109. The van der Waals surface area contributed by atoms with Crippen molar-refractivity contribution < 1.29 is 13.2 Å². The van der Waals surface area contributed by atoms with Crippen molar-refractivity contribution in [1.82, 2.24) is 16.0 Å². The molecule has 0 radical (unpaired) electrons. The van der Waals surface area contributed by atoms with Crippen LogP contribution >= 0.6 is 0 Å². The third-order valence-corrected chi connectivity index (χ3v) is 4.97. The molecule has 1 rings (SSSR count). The first-order valence-corrected chi connectivity index (χ1v) is 9.66. The number of carbonyl (C=O) groups is 1. The Morgan fingerprint density at radius 1 is 1.32 bits per heavy atom. The topological polar surface area (TPSA) is 99.7 Å². The van der Waals surface area contributed by atoms with Crippen LogP contribution in [0.15, 0.2) is 4.99 Å². The normalized spacial score (nSPS) is 20.9. The summed E-state index contributed by atoms with van der Waals surface area (Å²) < 4.78 is 22.7. The second-order valence-electron chi connectivity index (χ2n) is 5.96. The lowest BCUT2D eigenvalue weighted by molar-refractivity contribution is -0.121. The second kappa shape index (κ2) is 8.97. The lowest BCUT2D eigenvalue weighted by atomic mass is 10.2. The average molecular weight is 332 g/mol. The molecule has 1 atom stereocenters. The van der Waals surface area contributed by atoms with E-state index in [2.05, 4.69) is 34.8 Å². The molecule has 22 heavy (non-hydrogen) atoms. The second-order valence-corrected chi connectivity index (χ2v) is 8.19. The van der Waals surface area contributed by atoms with E-state index >= 15 is 0 Å². The van der Waals surface area contributed by atoms with E-state index in [0.717, 1.165) is 13.1 Å². The van der Waals surface area contributed by atoms with E-state index in [1.807, 2.05) is 6.92 Å². The van der Waals surface area contributed by atoms with Crippen LogP contribution in [0.2, 0.25) is 0 Å². The van der Waals surface area contributed by atoms with E-state index in [9.17, 15) is 13.2 Å². The molecular formula is C14H28N4O3S. The maximum atomic E-state index is 11.8. The number of sulfone groups is 1. The fraction of sp³-hybridized carbons (Fsp3) is 0.857. The van der Waals surface area contributed by atoms with E-state index in [0.29, 0.717) is 31.3 Å². The molecule has 1 saturated heterocycles.